The van der Waals surface area contributed by atoms with E-state index in [2.05, 4.69) is 15.3 Å². The van der Waals surface area contributed by atoms with E-state index in [1.165, 1.54) is 0 Å². The van der Waals surface area contributed by atoms with Crippen LogP contribution in [0.5, 0.6) is 0 Å². The number of primary sulfonamides is 1. The molecule has 0 aliphatic carbocycles. The summed E-state index contributed by atoms with van der Waals surface area (Å²) in [7, 11) is -3.60. The van der Waals surface area contributed by atoms with Crippen LogP contribution in [0.1, 0.15) is 22.4 Å². The van der Waals surface area contributed by atoms with Gasteiger partial charge in [-0.05, 0) is 49.6 Å². The second-order valence-corrected chi connectivity index (χ2v) is 7.27. The van der Waals surface area contributed by atoms with E-state index >= 15 is 0 Å². The zero-order valence-electron chi connectivity index (χ0n) is 13.4. The number of nitrogens with two attached hydrogens (primary N) is 1. The quantitative estimate of drug-likeness (QED) is 0.765. The Bertz CT molecular complexity index is 981. The molecule has 24 heavy (non-hydrogen) atoms. The Hall–Kier alpha value is -2.52. The number of sulfonamides is 1. The lowest BCUT2D eigenvalue weighted by Gasteiger charge is -2.10. The molecule has 8 nitrogen and oxygen atoms in total. The van der Waals surface area contributed by atoms with Gasteiger partial charge >= 0.3 is 0 Å². The van der Waals surface area contributed by atoms with Gasteiger partial charge in [0.2, 0.25) is 21.6 Å². The molecule has 2 aromatic heterocycles. The third-order valence-corrected chi connectivity index (χ3v) is 4.26. The Balaban J connectivity index is 1.97. The maximum absolute atomic E-state index is 11.3. The van der Waals surface area contributed by atoms with Crippen molar-refractivity contribution in [2.75, 3.05) is 0 Å². The summed E-state index contributed by atoms with van der Waals surface area (Å²) in [6, 6.07) is 5.30. The van der Waals surface area contributed by atoms with E-state index in [0.717, 1.165) is 16.7 Å². The molecule has 0 aliphatic heterocycles. The van der Waals surface area contributed by atoms with Crippen molar-refractivity contribution in [3.8, 4) is 23.0 Å². The first-order valence-corrected chi connectivity index (χ1v) is 8.83. The number of hydrogen-bond acceptors (Lipinski definition) is 7. The zero-order valence-corrected chi connectivity index (χ0v) is 14.2. The lowest BCUT2D eigenvalue weighted by molar-refractivity contribution is 0.383. The van der Waals surface area contributed by atoms with Crippen LogP contribution in [0, 0.1) is 20.8 Å². The van der Waals surface area contributed by atoms with Crippen molar-refractivity contribution in [3.05, 3.63) is 40.6 Å². The van der Waals surface area contributed by atoms with Gasteiger partial charge in [0.1, 0.15) is 0 Å². The smallest absolute Gasteiger partial charge is 0.296 e. The second kappa shape index (κ2) is 5.84. The molecule has 2 N–H and O–H groups in total. The van der Waals surface area contributed by atoms with E-state index in [0.29, 0.717) is 22.8 Å². The largest absolute Gasteiger partial charge is 0.351 e. The van der Waals surface area contributed by atoms with Crippen LogP contribution in [0.3, 0.4) is 0 Å². The van der Waals surface area contributed by atoms with Crippen LogP contribution in [0.15, 0.2) is 27.2 Å². The fourth-order valence-corrected chi connectivity index (χ4v) is 3.31. The molecule has 0 saturated heterocycles. The van der Waals surface area contributed by atoms with E-state index in [9.17, 15) is 8.42 Å². The molecule has 1 aromatic carbocycles. The van der Waals surface area contributed by atoms with Gasteiger partial charge in [0, 0.05) is 11.6 Å². The molecule has 0 radical (unpaired) electrons. The molecule has 0 spiro atoms. The fourth-order valence-electron chi connectivity index (χ4n) is 2.46. The summed E-state index contributed by atoms with van der Waals surface area (Å²) in [5, 5.41) is 12.9. The maximum atomic E-state index is 11.3. The highest BCUT2D eigenvalue weighted by Crippen LogP contribution is 2.27. The molecule has 0 atom stereocenters. The molecule has 3 rings (SSSR count). The van der Waals surface area contributed by atoms with Crippen LogP contribution >= 0.6 is 0 Å². The highest BCUT2D eigenvalue weighted by molar-refractivity contribution is 7.88. The number of rotatable bonds is 4. The Morgan fingerprint density at radius 2 is 1.71 bits per heavy atom. The molecule has 0 aliphatic rings. The third kappa shape index (κ3) is 3.36. The number of aromatic nitrogens is 3. The van der Waals surface area contributed by atoms with Gasteiger partial charge in [-0.1, -0.05) is 10.3 Å². The van der Waals surface area contributed by atoms with Crippen molar-refractivity contribution in [1.82, 2.24) is 15.3 Å². The highest BCUT2D eigenvalue weighted by Gasteiger charge is 2.17. The second-order valence-electron chi connectivity index (χ2n) is 5.65. The molecular weight excluding hydrogens is 332 g/mol. The number of hydrogen-bond donors (Lipinski definition) is 1. The Morgan fingerprint density at radius 3 is 2.25 bits per heavy atom. The average Bonchev–Trinajstić information content (AvgIpc) is 3.10. The van der Waals surface area contributed by atoms with Crippen LogP contribution in [0.2, 0.25) is 0 Å². The number of nitrogens with zero attached hydrogens (tertiary/aromatic N) is 3. The summed E-state index contributed by atoms with van der Waals surface area (Å²) in [5.41, 5.74) is 3.69. The van der Waals surface area contributed by atoms with Gasteiger partial charge in [-0.15, -0.1) is 0 Å². The van der Waals surface area contributed by atoms with Crippen LogP contribution < -0.4 is 5.14 Å². The Morgan fingerprint density at radius 1 is 1.04 bits per heavy atom. The number of benzene rings is 1. The van der Waals surface area contributed by atoms with Gasteiger partial charge in [-0.2, -0.15) is 4.98 Å². The van der Waals surface area contributed by atoms with Gasteiger partial charge in [-0.25, -0.2) is 13.6 Å². The number of aryl methyl sites for hydroxylation is 3. The molecule has 0 amide bonds. The fraction of sp³-hybridized carbons (Fsp3) is 0.267. The van der Waals surface area contributed by atoms with E-state index in [4.69, 9.17) is 14.2 Å². The van der Waals surface area contributed by atoms with Crippen molar-refractivity contribution in [1.29, 1.82) is 0 Å². The van der Waals surface area contributed by atoms with Crippen LogP contribution in [-0.4, -0.2) is 23.7 Å². The van der Waals surface area contributed by atoms with E-state index < -0.39 is 10.0 Å². The van der Waals surface area contributed by atoms with Gasteiger partial charge in [0.25, 0.3) is 5.89 Å². The summed E-state index contributed by atoms with van der Waals surface area (Å²) in [6.07, 6.45) is 0. The predicted octanol–water partition coefficient (Wildman–Crippen LogP) is 2.11. The first-order valence-electron chi connectivity index (χ1n) is 7.11. The summed E-state index contributed by atoms with van der Waals surface area (Å²) in [5.74, 6) is 0.798. The normalized spacial score (nSPS) is 11.8. The molecule has 3 aromatic rings. The topological polar surface area (TPSA) is 125 Å². The highest BCUT2D eigenvalue weighted by atomic mass is 32.2. The minimum Gasteiger partial charge on any atom is -0.351 e. The predicted molar refractivity (Wildman–Crippen MR) is 86.3 cm³/mol. The van der Waals surface area contributed by atoms with Gasteiger partial charge < -0.3 is 9.05 Å². The Labute approximate surface area is 138 Å². The van der Waals surface area contributed by atoms with Crippen molar-refractivity contribution in [2.24, 2.45) is 5.14 Å². The summed E-state index contributed by atoms with van der Waals surface area (Å²) >= 11 is 0. The van der Waals surface area contributed by atoms with Crippen molar-refractivity contribution < 1.29 is 17.5 Å². The van der Waals surface area contributed by atoms with E-state index in [1.807, 2.05) is 13.8 Å². The summed E-state index contributed by atoms with van der Waals surface area (Å²) < 4.78 is 33.0. The van der Waals surface area contributed by atoms with Gasteiger partial charge in [-0.3, -0.25) is 0 Å². The van der Waals surface area contributed by atoms with E-state index in [-0.39, 0.29) is 11.6 Å². The van der Waals surface area contributed by atoms with Crippen LogP contribution in [0.4, 0.5) is 0 Å². The first kappa shape index (κ1) is 16.3. The summed E-state index contributed by atoms with van der Waals surface area (Å²) in [6.45, 7) is 5.43. The Kier molecular flexibility index (Phi) is 3.98. The van der Waals surface area contributed by atoms with Crippen molar-refractivity contribution in [3.63, 3.8) is 0 Å². The van der Waals surface area contributed by atoms with Gasteiger partial charge in [0.05, 0.1) is 11.4 Å². The van der Waals surface area contributed by atoms with Crippen molar-refractivity contribution >= 4 is 10.0 Å². The lowest BCUT2D eigenvalue weighted by Crippen LogP contribution is -2.16. The molecule has 2 heterocycles. The third-order valence-electron chi connectivity index (χ3n) is 3.56. The lowest BCUT2D eigenvalue weighted by atomic mass is 10.0. The van der Waals surface area contributed by atoms with Crippen LogP contribution in [0.25, 0.3) is 23.0 Å². The molecule has 9 heteroatoms. The average molecular weight is 348 g/mol. The molecule has 126 valence electrons. The van der Waals surface area contributed by atoms with E-state index in [1.54, 1.807) is 25.1 Å². The minimum atomic E-state index is -3.60. The molecular formula is C15H16N4O4S. The molecule has 0 saturated carbocycles. The van der Waals surface area contributed by atoms with Crippen molar-refractivity contribution in [2.45, 2.75) is 26.5 Å². The molecule has 0 fully saturated rings. The van der Waals surface area contributed by atoms with Crippen LogP contribution in [-0.2, 0) is 15.8 Å². The first-order chi connectivity index (χ1) is 11.2. The molecule has 0 unspecified atom stereocenters. The minimum absolute atomic E-state index is 0.209. The standard InChI is InChI=1S/C15H16N4O4S/c1-8-4-11(5-9(2)12(8)7-24(16,20)21)14-17-15(23-19-14)13-6-10(3)18-22-13/h4-6H,7H2,1-3H3,(H2,16,20,21). The molecule has 0 bridgehead atoms. The van der Waals surface area contributed by atoms with Gasteiger partial charge in [0.15, 0.2) is 0 Å². The SMILES string of the molecule is Cc1cc(-c2nc(-c3cc(C)c(CS(N)(=O)=O)c(C)c3)no2)on1. The zero-order chi connectivity index (χ0) is 17.5. The maximum Gasteiger partial charge on any atom is 0.296 e. The summed E-state index contributed by atoms with van der Waals surface area (Å²) in [4.78, 5) is 4.30. The monoisotopic (exact) mass is 348 g/mol.